The Morgan fingerprint density at radius 2 is 2.18 bits per heavy atom. The zero-order chi connectivity index (χ0) is 14.9. The highest BCUT2D eigenvalue weighted by atomic mass is 32.1. The molecule has 4 rings (SSSR count). The lowest BCUT2D eigenvalue weighted by Gasteiger charge is -2.16. The van der Waals surface area contributed by atoms with Gasteiger partial charge in [-0.2, -0.15) is 0 Å². The molecule has 0 radical (unpaired) electrons. The molecule has 2 aliphatic rings. The molecule has 0 bridgehead atoms. The summed E-state index contributed by atoms with van der Waals surface area (Å²) in [5.74, 6) is 0.641. The number of benzene rings is 1. The number of nitrogens with one attached hydrogen (secondary N) is 1. The molecule has 2 aromatic rings. The first-order chi connectivity index (χ1) is 10.8. The predicted molar refractivity (Wildman–Crippen MR) is 84.0 cm³/mol. The second-order valence-electron chi connectivity index (χ2n) is 5.14. The van der Waals surface area contributed by atoms with Crippen LogP contribution < -0.4 is 10.1 Å². The number of carbonyl (C=O) groups is 1. The fourth-order valence-electron chi connectivity index (χ4n) is 2.50. The van der Waals surface area contributed by atoms with Gasteiger partial charge in [-0.15, -0.1) is 0 Å². The lowest BCUT2D eigenvalue weighted by molar-refractivity contribution is -0.113. The summed E-state index contributed by atoms with van der Waals surface area (Å²) in [5.41, 5.74) is 2.56. The maximum absolute atomic E-state index is 12.4. The number of aromatic nitrogens is 1. The van der Waals surface area contributed by atoms with Crippen LogP contribution >= 0.6 is 11.3 Å². The summed E-state index contributed by atoms with van der Waals surface area (Å²) in [4.78, 5) is 17.9. The molecule has 0 saturated carbocycles. The number of ether oxygens (including phenoxy) is 2. The van der Waals surface area contributed by atoms with Crippen LogP contribution in [0.15, 0.2) is 29.8 Å². The maximum atomic E-state index is 12.4. The molecule has 0 spiro atoms. The Morgan fingerprint density at radius 3 is 3.09 bits per heavy atom. The Labute approximate surface area is 131 Å². The number of para-hydroxylation sites is 1. The second kappa shape index (κ2) is 5.55. The summed E-state index contributed by atoms with van der Waals surface area (Å²) in [6.45, 7) is 1.55. The van der Waals surface area contributed by atoms with Gasteiger partial charge >= 0.3 is 0 Å². The van der Waals surface area contributed by atoms with Crippen LogP contribution in [0.5, 0.6) is 5.75 Å². The highest BCUT2D eigenvalue weighted by molar-refractivity contribution is 7.15. The quantitative estimate of drug-likeness (QED) is 0.926. The van der Waals surface area contributed by atoms with Gasteiger partial charge in [-0.3, -0.25) is 10.1 Å². The predicted octanol–water partition coefficient (Wildman–Crippen LogP) is 2.63. The lowest BCUT2D eigenvalue weighted by atomic mass is 10.1. The zero-order valence-corrected chi connectivity index (χ0v) is 12.6. The molecule has 0 atom stereocenters. The van der Waals surface area contributed by atoms with E-state index in [-0.39, 0.29) is 12.5 Å². The van der Waals surface area contributed by atoms with Crippen molar-refractivity contribution in [1.82, 2.24) is 4.98 Å². The van der Waals surface area contributed by atoms with E-state index in [1.165, 1.54) is 11.3 Å². The SMILES string of the molecule is O=C(Nc1nc2c(s1)COCC2)C1=Cc2ccccc2OC1. The topological polar surface area (TPSA) is 60.5 Å². The summed E-state index contributed by atoms with van der Waals surface area (Å²) >= 11 is 1.48. The van der Waals surface area contributed by atoms with E-state index in [9.17, 15) is 4.79 Å². The van der Waals surface area contributed by atoms with Gasteiger partial charge in [-0.05, 0) is 12.1 Å². The number of rotatable bonds is 2. The van der Waals surface area contributed by atoms with E-state index in [0.29, 0.717) is 23.9 Å². The average molecular weight is 314 g/mol. The Hall–Kier alpha value is -2.18. The van der Waals surface area contributed by atoms with Crippen molar-refractivity contribution in [1.29, 1.82) is 0 Å². The number of hydrogen-bond acceptors (Lipinski definition) is 5. The van der Waals surface area contributed by atoms with E-state index in [2.05, 4.69) is 10.3 Å². The number of nitrogens with zero attached hydrogens (tertiary/aromatic N) is 1. The fourth-order valence-corrected chi connectivity index (χ4v) is 3.44. The van der Waals surface area contributed by atoms with Crippen LogP contribution in [0, 0.1) is 0 Å². The van der Waals surface area contributed by atoms with E-state index < -0.39 is 0 Å². The van der Waals surface area contributed by atoms with Crippen LogP contribution in [0.3, 0.4) is 0 Å². The summed E-state index contributed by atoms with van der Waals surface area (Å²) in [6, 6.07) is 7.67. The normalized spacial score (nSPS) is 16.1. The van der Waals surface area contributed by atoms with Crippen molar-refractivity contribution in [2.24, 2.45) is 0 Å². The molecule has 112 valence electrons. The number of carbonyl (C=O) groups excluding carboxylic acids is 1. The second-order valence-corrected chi connectivity index (χ2v) is 6.23. The third-order valence-electron chi connectivity index (χ3n) is 3.64. The summed E-state index contributed by atoms with van der Waals surface area (Å²) in [6.07, 6.45) is 2.67. The molecule has 0 fully saturated rings. The minimum absolute atomic E-state index is 0.165. The summed E-state index contributed by atoms with van der Waals surface area (Å²) in [5, 5.41) is 3.49. The van der Waals surface area contributed by atoms with E-state index in [4.69, 9.17) is 9.47 Å². The molecule has 5 nitrogen and oxygen atoms in total. The Bertz CT molecular complexity index is 743. The largest absolute Gasteiger partial charge is 0.488 e. The summed E-state index contributed by atoms with van der Waals surface area (Å²) in [7, 11) is 0. The fraction of sp³-hybridized carbons (Fsp3) is 0.250. The van der Waals surface area contributed by atoms with Crippen LogP contribution in [0.25, 0.3) is 6.08 Å². The van der Waals surface area contributed by atoms with Gasteiger partial charge in [0.25, 0.3) is 5.91 Å². The minimum atomic E-state index is -0.165. The molecule has 0 unspecified atom stereocenters. The zero-order valence-electron chi connectivity index (χ0n) is 11.8. The van der Waals surface area contributed by atoms with Gasteiger partial charge < -0.3 is 9.47 Å². The Kier molecular flexibility index (Phi) is 3.40. The molecule has 0 aliphatic carbocycles. The number of fused-ring (bicyclic) bond motifs is 2. The van der Waals surface area contributed by atoms with E-state index in [0.717, 1.165) is 28.3 Å². The Morgan fingerprint density at radius 1 is 1.27 bits per heavy atom. The number of amides is 1. The average Bonchev–Trinajstić information content (AvgIpc) is 2.96. The number of thiazole rings is 1. The van der Waals surface area contributed by atoms with E-state index >= 15 is 0 Å². The van der Waals surface area contributed by atoms with Crippen molar-refractivity contribution in [3.05, 3.63) is 46.0 Å². The van der Waals surface area contributed by atoms with Crippen LogP contribution in [0.2, 0.25) is 0 Å². The van der Waals surface area contributed by atoms with Gasteiger partial charge in [0, 0.05) is 12.0 Å². The van der Waals surface area contributed by atoms with Crippen molar-refractivity contribution < 1.29 is 14.3 Å². The van der Waals surface area contributed by atoms with E-state index in [1.807, 2.05) is 30.3 Å². The molecule has 3 heterocycles. The van der Waals surface area contributed by atoms with Gasteiger partial charge in [0.1, 0.15) is 12.4 Å². The first-order valence-corrected chi connectivity index (χ1v) is 7.91. The van der Waals surface area contributed by atoms with Gasteiger partial charge in [0.05, 0.1) is 29.4 Å². The first-order valence-electron chi connectivity index (χ1n) is 7.10. The number of hydrogen-bond donors (Lipinski definition) is 1. The van der Waals surface area contributed by atoms with Crippen molar-refractivity contribution in [2.45, 2.75) is 13.0 Å². The molecule has 1 aromatic heterocycles. The standard InChI is InChI=1S/C16H14N2O3S/c19-15(11-7-10-3-1-2-4-13(10)21-8-11)18-16-17-12-5-6-20-9-14(12)22-16/h1-4,7H,5-6,8-9H2,(H,17,18,19). The minimum Gasteiger partial charge on any atom is -0.488 e. The maximum Gasteiger partial charge on any atom is 0.256 e. The van der Waals surface area contributed by atoms with Crippen LogP contribution in [0.4, 0.5) is 5.13 Å². The van der Waals surface area contributed by atoms with Crippen LogP contribution in [0.1, 0.15) is 16.1 Å². The molecule has 1 N–H and O–H groups in total. The molecule has 2 aliphatic heterocycles. The first kappa shape index (κ1) is 13.5. The third-order valence-corrected chi connectivity index (χ3v) is 4.63. The van der Waals surface area contributed by atoms with Crippen molar-refractivity contribution in [2.75, 3.05) is 18.5 Å². The highest BCUT2D eigenvalue weighted by Gasteiger charge is 2.20. The highest BCUT2D eigenvalue weighted by Crippen LogP contribution is 2.29. The third kappa shape index (κ3) is 2.51. The smallest absolute Gasteiger partial charge is 0.256 e. The molecule has 1 amide bonds. The van der Waals surface area contributed by atoms with Crippen LogP contribution in [-0.4, -0.2) is 24.1 Å². The molecule has 22 heavy (non-hydrogen) atoms. The molecule has 6 heteroatoms. The van der Waals surface area contributed by atoms with Crippen molar-refractivity contribution >= 4 is 28.5 Å². The molecular formula is C16H14N2O3S. The van der Waals surface area contributed by atoms with E-state index in [1.54, 1.807) is 0 Å². The monoisotopic (exact) mass is 314 g/mol. The molecule has 1 aromatic carbocycles. The Balaban J connectivity index is 1.53. The van der Waals surface area contributed by atoms with Crippen LogP contribution in [-0.2, 0) is 22.6 Å². The molecule has 0 saturated heterocycles. The molecular weight excluding hydrogens is 300 g/mol. The van der Waals surface area contributed by atoms with Crippen molar-refractivity contribution in [3.63, 3.8) is 0 Å². The van der Waals surface area contributed by atoms with Gasteiger partial charge in [-0.1, -0.05) is 29.5 Å². The van der Waals surface area contributed by atoms with Gasteiger partial charge in [0.15, 0.2) is 5.13 Å². The summed E-state index contributed by atoms with van der Waals surface area (Å²) < 4.78 is 11.0. The van der Waals surface area contributed by atoms with Gasteiger partial charge in [0.2, 0.25) is 0 Å². The lowest BCUT2D eigenvalue weighted by Crippen LogP contribution is -2.21. The van der Waals surface area contributed by atoms with Crippen molar-refractivity contribution in [3.8, 4) is 5.75 Å². The van der Waals surface area contributed by atoms with Gasteiger partial charge in [-0.25, -0.2) is 4.98 Å². The number of anilines is 1.